The molecule has 4 heteroatoms. The predicted octanol–water partition coefficient (Wildman–Crippen LogP) is 2.46. The van der Waals surface area contributed by atoms with E-state index in [9.17, 15) is 4.79 Å². The van der Waals surface area contributed by atoms with Gasteiger partial charge in [-0.1, -0.05) is 25.4 Å². The Balaban J connectivity index is 2.15. The second-order valence-corrected chi connectivity index (χ2v) is 5.91. The Labute approximate surface area is 95.1 Å². The molecule has 0 bridgehead atoms. The average Bonchev–Trinajstić information content (AvgIpc) is 2.68. The summed E-state index contributed by atoms with van der Waals surface area (Å²) in [6.45, 7) is 4.37. The SMILES string of the molecule is COC(=O)C1(Cl)OC12CCCC(C)(C)C2. The normalized spacial score (nSPS) is 42.7. The molecule has 1 heterocycles. The monoisotopic (exact) mass is 232 g/mol. The predicted molar refractivity (Wildman–Crippen MR) is 56.7 cm³/mol. The van der Waals surface area contributed by atoms with E-state index < -0.39 is 16.6 Å². The highest BCUT2D eigenvalue weighted by Gasteiger charge is 2.76. The summed E-state index contributed by atoms with van der Waals surface area (Å²) in [6.07, 6.45) is 3.90. The molecular formula is C11H17ClO3. The number of ether oxygens (including phenoxy) is 2. The minimum atomic E-state index is -1.21. The minimum Gasteiger partial charge on any atom is -0.466 e. The van der Waals surface area contributed by atoms with Crippen LogP contribution in [0.15, 0.2) is 0 Å². The number of methoxy groups -OCH3 is 1. The number of hydrogen-bond donors (Lipinski definition) is 0. The smallest absolute Gasteiger partial charge is 0.357 e. The third-order valence-corrected chi connectivity index (χ3v) is 4.10. The second-order valence-electron chi connectivity index (χ2n) is 5.38. The van der Waals surface area contributed by atoms with Gasteiger partial charge in [-0.15, -0.1) is 0 Å². The van der Waals surface area contributed by atoms with Gasteiger partial charge in [0.15, 0.2) is 0 Å². The van der Waals surface area contributed by atoms with Crippen molar-refractivity contribution in [1.29, 1.82) is 0 Å². The van der Waals surface area contributed by atoms with E-state index >= 15 is 0 Å². The van der Waals surface area contributed by atoms with Crippen molar-refractivity contribution in [3.05, 3.63) is 0 Å². The van der Waals surface area contributed by atoms with Crippen molar-refractivity contribution >= 4 is 17.6 Å². The molecule has 1 aliphatic carbocycles. The molecule has 1 saturated heterocycles. The van der Waals surface area contributed by atoms with E-state index in [1.165, 1.54) is 7.11 Å². The summed E-state index contributed by atoms with van der Waals surface area (Å²) < 4.78 is 10.2. The largest absolute Gasteiger partial charge is 0.466 e. The Bertz CT molecular complexity index is 302. The fourth-order valence-corrected chi connectivity index (χ4v) is 3.15. The van der Waals surface area contributed by atoms with Gasteiger partial charge in [0.05, 0.1) is 7.11 Å². The third-order valence-electron chi connectivity index (χ3n) is 3.53. The van der Waals surface area contributed by atoms with Crippen molar-refractivity contribution in [2.24, 2.45) is 5.41 Å². The van der Waals surface area contributed by atoms with Crippen LogP contribution in [0, 0.1) is 5.41 Å². The quantitative estimate of drug-likeness (QED) is 0.396. The molecule has 86 valence electrons. The maximum Gasteiger partial charge on any atom is 0.357 e. The van der Waals surface area contributed by atoms with Crippen LogP contribution in [-0.2, 0) is 14.3 Å². The molecule has 0 aromatic heterocycles. The summed E-state index contributed by atoms with van der Waals surface area (Å²) in [7, 11) is 1.34. The summed E-state index contributed by atoms with van der Waals surface area (Å²) in [5, 5.41) is -1.21. The fourth-order valence-electron chi connectivity index (χ4n) is 2.77. The first-order valence-corrected chi connectivity index (χ1v) is 5.71. The van der Waals surface area contributed by atoms with E-state index in [2.05, 4.69) is 18.6 Å². The summed E-state index contributed by atoms with van der Waals surface area (Å²) in [4.78, 5) is 11.5. The van der Waals surface area contributed by atoms with E-state index in [1.54, 1.807) is 0 Å². The molecule has 1 saturated carbocycles. The van der Waals surface area contributed by atoms with Crippen molar-refractivity contribution in [3.63, 3.8) is 0 Å². The number of esters is 1. The van der Waals surface area contributed by atoms with Crippen molar-refractivity contribution in [1.82, 2.24) is 0 Å². The molecule has 2 atom stereocenters. The highest BCUT2D eigenvalue weighted by atomic mass is 35.5. The minimum absolute atomic E-state index is 0.197. The van der Waals surface area contributed by atoms with E-state index in [4.69, 9.17) is 16.3 Å². The molecule has 1 spiro atoms. The summed E-state index contributed by atoms with van der Waals surface area (Å²) >= 11 is 6.16. The van der Waals surface area contributed by atoms with Gasteiger partial charge >= 0.3 is 5.97 Å². The van der Waals surface area contributed by atoms with Crippen LogP contribution in [0.3, 0.4) is 0 Å². The van der Waals surface area contributed by atoms with E-state index in [1.807, 2.05) is 0 Å². The second kappa shape index (κ2) is 3.11. The molecule has 2 unspecified atom stereocenters. The van der Waals surface area contributed by atoms with Gasteiger partial charge in [0.25, 0.3) is 5.06 Å². The number of epoxide rings is 1. The Morgan fingerprint density at radius 3 is 2.60 bits per heavy atom. The van der Waals surface area contributed by atoms with E-state index in [0.29, 0.717) is 0 Å². The maximum absolute atomic E-state index is 11.5. The Morgan fingerprint density at radius 2 is 2.07 bits per heavy atom. The molecule has 2 aliphatic rings. The van der Waals surface area contributed by atoms with Gasteiger partial charge in [-0.2, -0.15) is 0 Å². The molecule has 15 heavy (non-hydrogen) atoms. The number of halogens is 1. The topological polar surface area (TPSA) is 38.8 Å². The average molecular weight is 233 g/mol. The molecule has 0 radical (unpaired) electrons. The van der Waals surface area contributed by atoms with Gasteiger partial charge in [-0.05, 0) is 31.1 Å². The van der Waals surface area contributed by atoms with Gasteiger partial charge in [0.1, 0.15) is 5.60 Å². The van der Waals surface area contributed by atoms with E-state index in [-0.39, 0.29) is 5.41 Å². The Hall–Kier alpha value is -0.280. The fraction of sp³-hybridized carbons (Fsp3) is 0.909. The zero-order valence-corrected chi connectivity index (χ0v) is 10.2. The van der Waals surface area contributed by atoms with E-state index in [0.717, 1.165) is 25.7 Å². The number of carbonyl (C=O) groups excluding carboxylic acids is 1. The molecule has 1 aliphatic heterocycles. The van der Waals surface area contributed by atoms with Gasteiger partial charge in [0, 0.05) is 0 Å². The van der Waals surface area contributed by atoms with Crippen LogP contribution in [0.25, 0.3) is 0 Å². The lowest BCUT2D eigenvalue weighted by atomic mass is 9.70. The van der Waals surface area contributed by atoms with Gasteiger partial charge in [-0.25, -0.2) is 4.79 Å². The molecule has 2 fully saturated rings. The number of carbonyl (C=O) groups is 1. The van der Waals surface area contributed by atoms with Crippen molar-refractivity contribution in [3.8, 4) is 0 Å². The molecule has 0 N–H and O–H groups in total. The summed E-state index contributed by atoms with van der Waals surface area (Å²) in [5.74, 6) is -0.457. The Kier molecular flexibility index (Phi) is 2.32. The Morgan fingerprint density at radius 1 is 1.40 bits per heavy atom. The number of alkyl halides is 1. The number of hydrogen-bond acceptors (Lipinski definition) is 3. The molecule has 3 nitrogen and oxygen atoms in total. The summed E-state index contributed by atoms with van der Waals surface area (Å²) in [6, 6.07) is 0. The van der Waals surface area contributed by atoms with Crippen LogP contribution >= 0.6 is 11.6 Å². The number of rotatable bonds is 1. The van der Waals surface area contributed by atoms with Crippen molar-refractivity contribution in [2.45, 2.75) is 50.2 Å². The van der Waals surface area contributed by atoms with Crippen LogP contribution in [0.5, 0.6) is 0 Å². The first-order chi connectivity index (χ1) is 6.85. The standard InChI is InChI=1S/C11H17ClO3/c1-9(2)5-4-6-10(7-9)11(12,15-10)8(13)14-3/h4-7H2,1-3H3. The molecule has 0 aromatic rings. The van der Waals surface area contributed by atoms with Gasteiger partial charge in [0.2, 0.25) is 0 Å². The first kappa shape index (κ1) is 11.2. The first-order valence-electron chi connectivity index (χ1n) is 5.33. The third kappa shape index (κ3) is 1.56. The van der Waals surface area contributed by atoms with Crippen LogP contribution in [0.2, 0.25) is 0 Å². The lowest BCUT2D eigenvalue weighted by Gasteiger charge is -2.34. The lowest BCUT2D eigenvalue weighted by Crippen LogP contribution is -2.37. The van der Waals surface area contributed by atoms with Gasteiger partial charge < -0.3 is 9.47 Å². The van der Waals surface area contributed by atoms with Crippen LogP contribution in [-0.4, -0.2) is 23.7 Å². The zero-order chi connectivity index (χ0) is 11.3. The van der Waals surface area contributed by atoms with Crippen molar-refractivity contribution in [2.75, 3.05) is 7.11 Å². The zero-order valence-electron chi connectivity index (χ0n) is 9.43. The van der Waals surface area contributed by atoms with Crippen LogP contribution in [0.1, 0.15) is 39.5 Å². The van der Waals surface area contributed by atoms with Crippen LogP contribution in [0.4, 0.5) is 0 Å². The molecule has 0 amide bonds. The lowest BCUT2D eigenvalue weighted by molar-refractivity contribution is -0.143. The molecule has 2 rings (SSSR count). The van der Waals surface area contributed by atoms with Gasteiger partial charge in [-0.3, -0.25) is 0 Å². The summed E-state index contributed by atoms with van der Waals surface area (Å²) in [5.41, 5.74) is -0.272. The van der Waals surface area contributed by atoms with Crippen molar-refractivity contribution < 1.29 is 14.3 Å². The maximum atomic E-state index is 11.5. The highest BCUT2D eigenvalue weighted by Crippen LogP contribution is 2.62. The van der Waals surface area contributed by atoms with Crippen LogP contribution < -0.4 is 0 Å². The molecule has 0 aromatic carbocycles. The molecular weight excluding hydrogens is 216 g/mol. The highest BCUT2D eigenvalue weighted by molar-refractivity contribution is 6.36.